The summed E-state index contributed by atoms with van der Waals surface area (Å²) in [4.78, 5) is 7.79. The molecule has 0 bridgehead atoms. The Balaban J connectivity index is 2.20. The van der Waals surface area contributed by atoms with Crippen LogP contribution in [0.15, 0.2) is 12.3 Å². The van der Waals surface area contributed by atoms with Crippen molar-refractivity contribution in [3.63, 3.8) is 0 Å². The maximum absolute atomic E-state index is 8.83. The Hall–Kier alpha value is -0.870. The van der Waals surface area contributed by atoms with E-state index in [-0.39, 0.29) is 11.9 Å². The quantitative estimate of drug-likeness (QED) is 0.578. The lowest BCUT2D eigenvalue weighted by atomic mass is 10.1. The maximum Gasteiger partial charge on any atom is 0.224 e. The van der Waals surface area contributed by atoms with E-state index in [1.165, 1.54) is 0 Å². The van der Waals surface area contributed by atoms with Crippen LogP contribution in [0.3, 0.4) is 0 Å². The molecule has 0 fully saturated rings. The average molecular weight is 230 g/mol. The third kappa shape index (κ3) is 4.95. The predicted octanol–water partition coefficient (Wildman–Crippen LogP) is 1.95. The van der Waals surface area contributed by atoms with E-state index in [4.69, 9.17) is 16.7 Å². The summed E-state index contributed by atoms with van der Waals surface area (Å²) in [5.41, 5.74) is 0. The van der Waals surface area contributed by atoms with Crippen LogP contribution in [0.4, 0.5) is 5.82 Å². The molecule has 15 heavy (non-hydrogen) atoms. The molecular formula is C10H16ClN3O. The molecule has 0 aromatic carbocycles. The van der Waals surface area contributed by atoms with Gasteiger partial charge in [-0.05, 0) is 36.4 Å². The number of anilines is 1. The summed E-state index contributed by atoms with van der Waals surface area (Å²) in [5, 5.41) is 12.2. The molecular weight excluding hydrogens is 214 g/mol. The van der Waals surface area contributed by atoms with Crippen molar-refractivity contribution in [3.8, 4) is 0 Å². The largest absolute Gasteiger partial charge is 0.396 e. The first-order valence-corrected chi connectivity index (χ1v) is 5.43. The molecule has 1 aromatic heterocycles. The molecule has 0 saturated carbocycles. The predicted molar refractivity (Wildman–Crippen MR) is 61.0 cm³/mol. The highest BCUT2D eigenvalue weighted by Crippen LogP contribution is 2.07. The highest BCUT2D eigenvalue weighted by molar-refractivity contribution is 6.28. The molecule has 0 spiro atoms. The highest BCUT2D eigenvalue weighted by Gasteiger charge is 1.99. The smallest absolute Gasteiger partial charge is 0.224 e. The van der Waals surface area contributed by atoms with Crippen LogP contribution in [0.25, 0.3) is 0 Å². The second-order valence-corrected chi connectivity index (χ2v) is 3.91. The van der Waals surface area contributed by atoms with E-state index in [1.54, 1.807) is 12.3 Å². The Labute approximate surface area is 94.7 Å². The first-order valence-electron chi connectivity index (χ1n) is 5.05. The second-order valence-electron chi connectivity index (χ2n) is 3.57. The number of aliphatic hydroxyl groups excluding tert-OH is 1. The van der Waals surface area contributed by atoms with E-state index in [2.05, 4.69) is 15.3 Å². The average Bonchev–Trinajstić information content (AvgIpc) is 2.24. The first-order chi connectivity index (χ1) is 7.22. The Morgan fingerprint density at radius 2 is 2.40 bits per heavy atom. The molecule has 84 valence electrons. The maximum atomic E-state index is 8.83. The summed E-state index contributed by atoms with van der Waals surface area (Å²) in [5.74, 6) is 1.10. The van der Waals surface area contributed by atoms with Gasteiger partial charge in [-0.25, -0.2) is 9.97 Å². The fourth-order valence-corrected chi connectivity index (χ4v) is 1.34. The van der Waals surface area contributed by atoms with Gasteiger partial charge in [-0.2, -0.15) is 0 Å². The molecule has 1 rings (SSSR count). The van der Waals surface area contributed by atoms with Gasteiger partial charge in [0.15, 0.2) is 0 Å². The molecule has 1 heterocycles. The minimum absolute atomic E-state index is 0.249. The Kier molecular flexibility index (Phi) is 5.36. The van der Waals surface area contributed by atoms with E-state index >= 15 is 0 Å². The molecule has 4 nitrogen and oxygen atoms in total. The van der Waals surface area contributed by atoms with Gasteiger partial charge in [0, 0.05) is 19.3 Å². The minimum atomic E-state index is 0.249. The van der Waals surface area contributed by atoms with Crippen molar-refractivity contribution >= 4 is 17.4 Å². The molecule has 1 aromatic rings. The number of nitrogens with one attached hydrogen (secondary N) is 1. The van der Waals surface area contributed by atoms with Crippen LogP contribution in [0.2, 0.25) is 5.28 Å². The van der Waals surface area contributed by atoms with Crippen LogP contribution < -0.4 is 5.32 Å². The van der Waals surface area contributed by atoms with Crippen molar-refractivity contribution < 1.29 is 5.11 Å². The molecule has 1 unspecified atom stereocenters. The van der Waals surface area contributed by atoms with Crippen molar-refractivity contribution in [2.45, 2.75) is 19.8 Å². The SMILES string of the molecule is CC(CO)CCCNc1ccnc(Cl)n1. The number of halogens is 1. The number of rotatable bonds is 6. The van der Waals surface area contributed by atoms with Crippen LogP contribution in [-0.2, 0) is 0 Å². The van der Waals surface area contributed by atoms with E-state index < -0.39 is 0 Å². The zero-order valence-electron chi connectivity index (χ0n) is 8.78. The molecule has 2 N–H and O–H groups in total. The van der Waals surface area contributed by atoms with Crippen LogP contribution >= 0.6 is 11.6 Å². The van der Waals surface area contributed by atoms with Crippen LogP contribution in [0.5, 0.6) is 0 Å². The lowest BCUT2D eigenvalue weighted by molar-refractivity contribution is 0.229. The molecule has 0 saturated heterocycles. The van der Waals surface area contributed by atoms with Gasteiger partial charge in [0.25, 0.3) is 0 Å². The molecule has 1 atom stereocenters. The zero-order valence-corrected chi connectivity index (χ0v) is 9.54. The van der Waals surface area contributed by atoms with Gasteiger partial charge in [-0.3, -0.25) is 0 Å². The fourth-order valence-electron chi connectivity index (χ4n) is 1.19. The van der Waals surface area contributed by atoms with Gasteiger partial charge >= 0.3 is 0 Å². The van der Waals surface area contributed by atoms with Gasteiger partial charge in [-0.15, -0.1) is 0 Å². The summed E-state index contributed by atoms with van der Waals surface area (Å²) < 4.78 is 0. The molecule has 5 heteroatoms. The number of hydrogen-bond donors (Lipinski definition) is 2. The lowest BCUT2D eigenvalue weighted by Crippen LogP contribution is -2.07. The van der Waals surface area contributed by atoms with Crippen molar-refractivity contribution in [3.05, 3.63) is 17.5 Å². The summed E-state index contributed by atoms with van der Waals surface area (Å²) in [6.45, 7) is 3.11. The van der Waals surface area contributed by atoms with Gasteiger partial charge in [0.2, 0.25) is 5.28 Å². The van der Waals surface area contributed by atoms with E-state index in [1.807, 2.05) is 6.92 Å². The summed E-state index contributed by atoms with van der Waals surface area (Å²) in [6.07, 6.45) is 3.62. The van der Waals surface area contributed by atoms with E-state index in [0.717, 1.165) is 25.2 Å². The van der Waals surface area contributed by atoms with Crippen LogP contribution in [0.1, 0.15) is 19.8 Å². The van der Waals surface area contributed by atoms with E-state index in [9.17, 15) is 0 Å². The Morgan fingerprint density at radius 3 is 3.07 bits per heavy atom. The first kappa shape index (κ1) is 12.2. The lowest BCUT2D eigenvalue weighted by Gasteiger charge is -2.08. The summed E-state index contributed by atoms with van der Waals surface area (Å²) in [7, 11) is 0. The monoisotopic (exact) mass is 229 g/mol. The molecule has 0 radical (unpaired) electrons. The van der Waals surface area contributed by atoms with Crippen molar-refractivity contribution in [1.82, 2.24) is 9.97 Å². The number of aliphatic hydroxyl groups is 1. The third-order valence-corrected chi connectivity index (χ3v) is 2.30. The third-order valence-electron chi connectivity index (χ3n) is 2.12. The van der Waals surface area contributed by atoms with Crippen molar-refractivity contribution in [2.24, 2.45) is 5.92 Å². The number of hydrogen-bond acceptors (Lipinski definition) is 4. The number of nitrogens with zero attached hydrogens (tertiary/aromatic N) is 2. The second kappa shape index (κ2) is 6.58. The summed E-state index contributed by atoms with van der Waals surface area (Å²) >= 11 is 5.64. The van der Waals surface area contributed by atoms with Gasteiger partial charge in [0.1, 0.15) is 5.82 Å². The van der Waals surface area contributed by atoms with Crippen molar-refractivity contribution in [2.75, 3.05) is 18.5 Å². The molecule has 0 amide bonds. The summed E-state index contributed by atoms with van der Waals surface area (Å²) in [6, 6.07) is 1.78. The standard InChI is InChI=1S/C10H16ClN3O/c1-8(7-15)3-2-5-12-9-4-6-13-10(11)14-9/h4,6,8,15H,2-3,5,7H2,1H3,(H,12,13,14). The minimum Gasteiger partial charge on any atom is -0.396 e. The van der Waals surface area contributed by atoms with Crippen LogP contribution in [-0.4, -0.2) is 28.2 Å². The van der Waals surface area contributed by atoms with Gasteiger partial charge in [-0.1, -0.05) is 6.92 Å². The van der Waals surface area contributed by atoms with Gasteiger partial charge < -0.3 is 10.4 Å². The molecule has 0 aliphatic rings. The zero-order chi connectivity index (χ0) is 11.1. The Bertz CT molecular complexity index is 296. The highest BCUT2D eigenvalue weighted by atomic mass is 35.5. The van der Waals surface area contributed by atoms with Crippen LogP contribution in [0, 0.1) is 5.92 Å². The topological polar surface area (TPSA) is 58.0 Å². The number of aromatic nitrogens is 2. The molecule has 0 aliphatic heterocycles. The van der Waals surface area contributed by atoms with Crippen molar-refractivity contribution in [1.29, 1.82) is 0 Å². The van der Waals surface area contributed by atoms with Gasteiger partial charge in [0.05, 0.1) is 0 Å². The Morgan fingerprint density at radius 1 is 1.60 bits per heavy atom. The normalized spacial score (nSPS) is 12.5. The van der Waals surface area contributed by atoms with E-state index in [0.29, 0.717) is 5.92 Å². The molecule has 0 aliphatic carbocycles. The fraction of sp³-hybridized carbons (Fsp3) is 0.600.